The number of aromatic nitrogens is 7. The zero-order valence-electron chi connectivity index (χ0n) is 16.4. The fourth-order valence-corrected chi connectivity index (χ4v) is 3.83. The maximum atomic E-state index is 14.1. The van der Waals surface area contributed by atoms with E-state index in [4.69, 9.17) is 10.8 Å². The number of nitrogens with two attached hydrogens (primary N) is 1. The lowest BCUT2D eigenvalue weighted by atomic mass is 9.97. The highest BCUT2D eigenvalue weighted by Gasteiger charge is 2.28. The average molecular weight is 402 g/mol. The van der Waals surface area contributed by atoms with Crippen LogP contribution in [0.25, 0.3) is 28.1 Å². The zero-order chi connectivity index (χ0) is 20.8. The van der Waals surface area contributed by atoms with Gasteiger partial charge in [0.15, 0.2) is 5.82 Å². The second kappa shape index (κ2) is 6.87. The van der Waals surface area contributed by atoms with Gasteiger partial charge in [-0.05, 0) is 30.2 Å². The monoisotopic (exact) mass is 402 g/mol. The molecule has 4 heterocycles. The van der Waals surface area contributed by atoms with E-state index in [0.717, 1.165) is 16.8 Å². The van der Waals surface area contributed by atoms with Gasteiger partial charge < -0.3 is 10.3 Å². The first kappa shape index (κ1) is 18.2. The zero-order valence-corrected chi connectivity index (χ0v) is 16.4. The average Bonchev–Trinajstić information content (AvgIpc) is 3.36. The Labute approximate surface area is 171 Å². The Kier molecular flexibility index (Phi) is 4.16. The first-order valence-electron chi connectivity index (χ1n) is 9.56. The third-order valence-corrected chi connectivity index (χ3v) is 5.18. The number of pyridine rings is 1. The predicted molar refractivity (Wildman–Crippen MR) is 111 cm³/mol. The lowest BCUT2D eigenvalue weighted by molar-refractivity contribution is 0.426. The van der Waals surface area contributed by atoms with Crippen LogP contribution in [-0.2, 0) is 0 Å². The van der Waals surface area contributed by atoms with E-state index in [2.05, 4.69) is 33.8 Å². The van der Waals surface area contributed by atoms with Gasteiger partial charge in [-0.2, -0.15) is 5.10 Å². The highest BCUT2D eigenvalue weighted by atomic mass is 19.1. The Morgan fingerprint density at radius 3 is 2.73 bits per heavy atom. The van der Waals surface area contributed by atoms with Crippen molar-refractivity contribution in [3.63, 3.8) is 0 Å². The first-order chi connectivity index (χ1) is 14.5. The molecule has 1 aromatic carbocycles. The van der Waals surface area contributed by atoms with Crippen LogP contribution in [-0.4, -0.2) is 34.3 Å². The number of halogens is 1. The largest absolute Gasteiger partial charge is 0.383 e. The van der Waals surface area contributed by atoms with Crippen LogP contribution in [0.3, 0.4) is 0 Å². The van der Waals surface area contributed by atoms with E-state index < -0.39 is 0 Å². The number of anilines is 1. The molecule has 150 valence electrons. The lowest BCUT2D eigenvalue weighted by Crippen LogP contribution is -2.22. The molecule has 3 aromatic rings. The SMILES string of the molecule is CC(C)C(c1nn(-c2cccnc2)c2cc(F)ccc12)n1cnc2ncnc-2c1N. The maximum absolute atomic E-state index is 14.1. The van der Waals surface area contributed by atoms with Crippen molar-refractivity contribution in [3.05, 3.63) is 66.9 Å². The molecular weight excluding hydrogens is 383 g/mol. The minimum atomic E-state index is -0.331. The number of nitrogens with zero attached hydrogens (tertiary/aromatic N) is 7. The molecule has 2 N–H and O–H groups in total. The molecule has 9 heteroatoms. The molecule has 0 bridgehead atoms. The van der Waals surface area contributed by atoms with Crippen LogP contribution in [0.1, 0.15) is 25.6 Å². The Hall–Kier alpha value is -3.88. The van der Waals surface area contributed by atoms with Crippen molar-refractivity contribution in [3.8, 4) is 17.2 Å². The number of hydrogen-bond donors (Lipinski definition) is 1. The van der Waals surface area contributed by atoms with Crippen molar-refractivity contribution in [2.75, 3.05) is 5.73 Å². The molecule has 5 rings (SSSR count). The molecule has 0 aliphatic carbocycles. The van der Waals surface area contributed by atoms with Gasteiger partial charge in [0, 0.05) is 17.6 Å². The van der Waals surface area contributed by atoms with E-state index in [1.165, 1.54) is 18.5 Å². The molecule has 2 aliphatic heterocycles. The highest BCUT2D eigenvalue weighted by molar-refractivity contribution is 5.84. The summed E-state index contributed by atoms with van der Waals surface area (Å²) >= 11 is 0. The van der Waals surface area contributed by atoms with Crippen molar-refractivity contribution in [1.82, 2.24) is 34.3 Å². The van der Waals surface area contributed by atoms with E-state index in [0.29, 0.717) is 22.9 Å². The molecule has 0 spiro atoms. The number of fused-ring (bicyclic) bond motifs is 2. The summed E-state index contributed by atoms with van der Waals surface area (Å²) in [5.74, 6) is 0.744. The molecule has 2 aromatic heterocycles. The number of nitrogen functional groups attached to an aromatic ring is 1. The molecule has 1 atom stereocenters. The van der Waals surface area contributed by atoms with Crippen LogP contribution < -0.4 is 5.73 Å². The molecular formula is C21H19FN8. The minimum absolute atomic E-state index is 0.116. The van der Waals surface area contributed by atoms with Gasteiger partial charge in [-0.1, -0.05) is 13.8 Å². The second-order valence-corrected chi connectivity index (χ2v) is 7.44. The van der Waals surface area contributed by atoms with Crippen molar-refractivity contribution in [1.29, 1.82) is 0 Å². The number of hydrogen-bond acceptors (Lipinski definition) is 6. The first-order valence-corrected chi connectivity index (χ1v) is 9.56. The van der Waals surface area contributed by atoms with Crippen LogP contribution in [0.2, 0.25) is 0 Å². The summed E-state index contributed by atoms with van der Waals surface area (Å²) < 4.78 is 17.7. The maximum Gasteiger partial charge on any atom is 0.184 e. The third kappa shape index (κ3) is 2.78. The van der Waals surface area contributed by atoms with Crippen LogP contribution >= 0.6 is 0 Å². The fraction of sp³-hybridized carbons (Fsp3) is 0.190. The summed E-state index contributed by atoms with van der Waals surface area (Å²) in [6, 6.07) is 8.13. The predicted octanol–water partition coefficient (Wildman–Crippen LogP) is 3.48. The Morgan fingerprint density at radius 2 is 1.97 bits per heavy atom. The summed E-state index contributed by atoms with van der Waals surface area (Å²) in [6.07, 6.45) is 6.49. The van der Waals surface area contributed by atoms with Gasteiger partial charge in [-0.3, -0.25) is 4.98 Å². The lowest BCUT2D eigenvalue weighted by Gasteiger charge is -2.25. The smallest absolute Gasteiger partial charge is 0.184 e. The standard InChI is InChI=1S/C21H19FN8/c1-12(2)19(29-11-27-21-18(20(29)23)25-10-26-21)17-15-6-5-13(22)8-16(15)30(28-17)14-4-3-7-24-9-14/h3-12,19H,23H2,1-2H3. The molecule has 0 saturated carbocycles. The van der Waals surface area contributed by atoms with Gasteiger partial charge in [-0.15, -0.1) is 0 Å². The summed E-state index contributed by atoms with van der Waals surface area (Å²) in [5.41, 5.74) is 9.16. The normalized spacial score (nSPS) is 12.8. The van der Waals surface area contributed by atoms with Crippen LogP contribution in [0.5, 0.6) is 0 Å². The molecule has 1 unspecified atom stereocenters. The molecule has 0 amide bonds. The quantitative estimate of drug-likeness (QED) is 0.494. The van der Waals surface area contributed by atoms with Gasteiger partial charge in [0.05, 0.1) is 35.5 Å². The Morgan fingerprint density at radius 1 is 1.10 bits per heavy atom. The molecule has 0 fully saturated rings. The molecule has 8 nitrogen and oxygen atoms in total. The van der Waals surface area contributed by atoms with E-state index in [9.17, 15) is 4.39 Å². The Balaban J connectivity index is 1.78. The summed E-state index contributed by atoms with van der Waals surface area (Å²) in [6.45, 7) is 4.16. The molecule has 0 radical (unpaired) electrons. The third-order valence-electron chi connectivity index (χ3n) is 5.18. The molecule has 2 aliphatic rings. The topological polar surface area (TPSA) is 100 Å². The van der Waals surface area contributed by atoms with Gasteiger partial charge >= 0.3 is 0 Å². The van der Waals surface area contributed by atoms with Gasteiger partial charge in [0.25, 0.3) is 0 Å². The van der Waals surface area contributed by atoms with Crippen molar-refractivity contribution in [2.24, 2.45) is 5.92 Å². The van der Waals surface area contributed by atoms with E-state index in [1.54, 1.807) is 29.5 Å². The van der Waals surface area contributed by atoms with E-state index in [1.807, 2.05) is 16.7 Å². The number of rotatable bonds is 4. The van der Waals surface area contributed by atoms with E-state index >= 15 is 0 Å². The van der Waals surface area contributed by atoms with Crippen molar-refractivity contribution in [2.45, 2.75) is 19.9 Å². The van der Waals surface area contributed by atoms with Crippen LogP contribution in [0.15, 0.2) is 55.4 Å². The van der Waals surface area contributed by atoms with Gasteiger partial charge in [0.2, 0.25) is 0 Å². The van der Waals surface area contributed by atoms with Crippen molar-refractivity contribution < 1.29 is 4.39 Å². The van der Waals surface area contributed by atoms with Crippen LogP contribution in [0.4, 0.5) is 10.2 Å². The summed E-state index contributed by atoms with van der Waals surface area (Å²) in [4.78, 5) is 16.9. The Bertz CT molecular complexity index is 1310. The number of benzene rings is 1. The molecule has 0 saturated heterocycles. The second-order valence-electron chi connectivity index (χ2n) is 7.44. The molecule has 30 heavy (non-hydrogen) atoms. The fourth-order valence-electron chi connectivity index (χ4n) is 3.83. The van der Waals surface area contributed by atoms with Crippen molar-refractivity contribution >= 4 is 16.7 Å². The van der Waals surface area contributed by atoms with Crippen LogP contribution in [0, 0.1) is 11.7 Å². The minimum Gasteiger partial charge on any atom is -0.383 e. The highest BCUT2D eigenvalue weighted by Crippen LogP contribution is 2.36. The van der Waals surface area contributed by atoms with Gasteiger partial charge in [0.1, 0.15) is 23.7 Å². The van der Waals surface area contributed by atoms with Gasteiger partial charge in [-0.25, -0.2) is 24.0 Å². The summed E-state index contributed by atoms with van der Waals surface area (Å²) in [7, 11) is 0. The number of imidazole rings is 1. The van der Waals surface area contributed by atoms with E-state index in [-0.39, 0.29) is 17.8 Å². The summed E-state index contributed by atoms with van der Waals surface area (Å²) in [5, 5.41) is 5.71.